The number of carbonyl (C=O) groups is 1. The van der Waals surface area contributed by atoms with Gasteiger partial charge in [0.2, 0.25) is 5.91 Å². The summed E-state index contributed by atoms with van der Waals surface area (Å²) in [4.78, 5) is 17.4. The molecular formula is C16H20N2OS. The topological polar surface area (TPSA) is 42.0 Å². The summed E-state index contributed by atoms with van der Waals surface area (Å²) in [5, 5.41) is 3.89. The molecule has 2 rings (SSSR count). The Morgan fingerprint density at radius 1 is 1.30 bits per heavy atom. The van der Waals surface area contributed by atoms with E-state index in [1.54, 1.807) is 11.3 Å². The molecule has 0 unspecified atom stereocenters. The van der Waals surface area contributed by atoms with E-state index in [2.05, 4.69) is 34.6 Å². The number of thiazole rings is 1. The molecule has 0 aliphatic heterocycles. The van der Waals surface area contributed by atoms with Crippen molar-refractivity contribution >= 4 is 17.2 Å². The van der Waals surface area contributed by atoms with E-state index in [0.29, 0.717) is 6.54 Å². The van der Waals surface area contributed by atoms with Crippen molar-refractivity contribution in [3.05, 3.63) is 51.5 Å². The lowest BCUT2D eigenvalue weighted by Crippen LogP contribution is -2.26. The van der Waals surface area contributed by atoms with Gasteiger partial charge in [0.1, 0.15) is 5.01 Å². The number of aryl methyl sites for hydroxylation is 1. The number of rotatable bonds is 5. The second-order valence-electron chi connectivity index (χ2n) is 5.15. The molecule has 0 spiro atoms. The maximum Gasteiger partial charge on any atom is 0.222 e. The van der Waals surface area contributed by atoms with Gasteiger partial charge in [-0.1, -0.05) is 44.2 Å². The minimum absolute atomic E-state index is 0.0137. The summed E-state index contributed by atoms with van der Waals surface area (Å²) in [5.41, 5.74) is 2.35. The van der Waals surface area contributed by atoms with Crippen molar-refractivity contribution in [3.63, 3.8) is 0 Å². The van der Waals surface area contributed by atoms with E-state index in [1.165, 1.54) is 10.4 Å². The Bertz CT molecular complexity index is 575. The highest BCUT2D eigenvalue weighted by atomic mass is 32.1. The summed E-state index contributed by atoms with van der Waals surface area (Å²) in [6.45, 7) is 6.34. The highest BCUT2D eigenvalue weighted by Crippen LogP contribution is 2.21. The monoisotopic (exact) mass is 288 g/mol. The number of nitrogens with zero attached hydrogens (tertiary/aromatic N) is 1. The van der Waals surface area contributed by atoms with Crippen LogP contribution in [0.5, 0.6) is 0 Å². The number of amides is 1. The van der Waals surface area contributed by atoms with Crippen molar-refractivity contribution in [2.45, 2.75) is 33.7 Å². The summed E-state index contributed by atoms with van der Waals surface area (Å²) < 4.78 is 0. The second kappa shape index (κ2) is 6.66. The van der Waals surface area contributed by atoms with Gasteiger partial charge in [0.25, 0.3) is 0 Å². The first-order valence-corrected chi connectivity index (χ1v) is 7.64. The summed E-state index contributed by atoms with van der Waals surface area (Å²) in [6, 6.07) is 10.4. The van der Waals surface area contributed by atoms with Crippen LogP contribution >= 0.6 is 11.3 Å². The van der Waals surface area contributed by atoms with Crippen LogP contribution < -0.4 is 5.32 Å². The zero-order chi connectivity index (χ0) is 14.5. The third-order valence-electron chi connectivity index (χ3n) is 3.08. The predicted molar refractivity (Wildman–Crippen MR) is 82.8 cm³/mol. The molecule has 0 fully saturated rings. The molecule has 1 amide bonds. The minimum Gasteiger partial charge on any atom is -0.349 e. The van der Waals surface area contributed by atoms with E-state index in [-0.39, 0.29) is 11.8 Å². The third kappa shape index (κ3) is 3.90. The Kier molecular flexibility index (Phi) is 4.90. The molecule has 0 bridgehead atoms. The van der Waals surface area contributed by atoms with Crippen molar-refractivity contribution in [2.75, 3.05) is 0 Å². The van der Waals surface area contributed by atoms with Crippen LogP contribution in [0.3, 0.4) is 0 Å². The maximum absolute atomic E-state index is 11.6. The Morgan fingerprint density at radius 2 is 2.00 bits per heavy atom. The highest BCUT2D eigenvalue weighted by Gasteiger charge is 2.11. The fraction of sp³-hybridized carbons (Fsp3) is 0.375. The summed E-state index contributed by atoms with van der Waals surface area (Å²) in [6.07, 6.45) is 0.905. The minimum atomic E-state index is 0.0137. The van der Waals surface area contributed by atoms with Crippen molar-refractivity contribution in [1.29, 1.82) is 0 Å². The van der Waals surface area contributed by atoms with Gasteiger partial charge in [0.15, 0.2) is 0 Å². The highest BCUT2D eigenvalue weighted by molar-refractivity contribution is 7.11. The summed E-state index contributed by atoms with van der Waals surface area (Å²) in [5.74, 6) is 0.0855. The van der Waals surface area contributed by atoms with Crippen molar-refractivity contribution in [1.82, 2.24) is 10.3 Å². The first-order valence-electron chi connectivity index (χ1n) is 6.83. The molecule has 1 heterocycles. The molecule has 1 aromatic heterocycles. The van der Waals surface area contributed by atoms with E-state index in [4.69, 9.17) is 0 Å². The number of nitrogens with one attached hydrogen (secondary N) is 1. The normalized spacial score (nSPS) is 10.8. The van der Waals surface area contributed by atoms with Gasteiger partial charge in [-0.05, 0) is 12.5 Å². The Hall–Kier alpha value is -1.68. The standard InChI is InChI=1S/C16H20N2OS/c1-11(2)16(19)17-10-15-18-12(3)14(20-15)9-13-7-5-4-6-8-13/h4-8,11H,9-10H2,1-3H3,(H,17,19). The molecule has 20 heavy (non-hydrogen) atoms. The molecule has 3 nitrogen and oxygen atoms in total. The van der Waals surface area contributed by atoms with Crippen LogP contribution in [0.2, 0.25) is 0 Å². The fourth-order valence-corrected chi connectivity index (χ4v) is 2.92. The van der Waals surface area contributed by atoms with Crippen molar-refractivity contribution in [3.8, 4) is 0 Å². The van der Waals surface area contributed by atoms with E-state index in [0.717, 1.165) is 17.1 Å². The zero-order valence-electron chi connectivity index (χ0n) is 12.1. The van der Waals surface area contributed by atoms with E-state index < -0.39 is 0 Å². The zero-order valence-corrected chi connectivity index (χ0v) is 13.0. The molecule has 0 aliphatic carbocycles. The van der Waals surface area contributed by atoms with Crippen LogP contribution in [0.1, 0.15) is 35.0 Å². The largest absolute Gasteiger partial charge is 0.349 e. The van der Waals surface area contributed by atoms with Gasteiger partial charge in [-0.15, -0.1) is 11.3 Å². The molecule has 2 aromatic rings. The molecule has 0 aliphatic rings. The molecule has 0 atom stereocenters. The second-order valence-corrected chi connectivity index (χ2v) is 6.32. The molecule has 106 valence electrons. The first kappa shape index (κ1) is 14.7. The predicted octanol–water partition coefficient (Wildman–Crippen LogP) is 3.31. The molecule has 0 radical (unpaired) electrons. The van der Waals surface area contributed by atoms with Gasteiger partial charge in [-0.3, -0.25) is 4.79 Å². The van der Waals surface area contributed by atoms with Crippen molar-refractivity contribution in [2.24, 2.45) is 5.92 Å². The summed E-state index contributed by atoms with van der Waals surface area (Å²) >= 11 is 1.68. The van der Waals surface area contributed by atoms with Crippen LogP contribution in [-0.4, -0.2) is 10.9 Å². The summed E-state index contributed by atoms with van der Waals surface area (Å²) in [7, 11) is 0. The molecule has 4 heteroatoms. The van der Waals surface area contributed by atoms with E-state index >= 15 is 0 Å². The fourth-order valence-electron chi connectivity index (χ4n) is 1.88. The molecule has 0 saturated heterocycles. The molecular weight excluding hydrogens is 268 g/mol. The lowest BCUT2D eigenvalue weighted by Gasteiger charge is -2.04. The van der Waals surface area contributed by atoms with Crippen LogP contribution in [0.15, 0.2) is 30.3 Å². The number of hydrogen-bond acceptors (Lipinski definition) is 3. The average molecular weight is 288 g/mol. The number of carbonyl (C=O) groups excluding carboxylic acids is 1. The van der Waals surface area contributed by atoms with Gasteiger partial charge in [0, 0.05) is 17.2 Å². The maximum atomic E-state index is 11.6. The molecule has 1 N–H and O–H groups in total. The van der Waals surface area contributed by atoms with Crippen LogP contribution in [0.4, 0.5) is 0 Å². The number of aromatic nitrogens is 1. The lowest BCUT2D eigenvalue weighted by molar-refractivity contribution is -0.124. The smallest absolute Gasteiger partial charge is 0.222 e. The van der Waals surface area contributed by atoms with E-state index in [9.17, 15) is 4.79 Å². The Labute approximate surface area is 124 Å². The molecule has 1 aromatic carbocycles. The average Bonchev–Trinajstić information content (AvgIpc) is 2.77. The van der Waals surface area contributed by atoms with Gasteiger partial charge in [-0.25, -0.2) is 4.98 Å². The van der Waals surface area contributed by atoms with Gasteiger partial charge < -0.3 is 5.32 Å². The number of benzene rings is 1. The lowest BCUT2D eigenvalue weighted by atomic mass is 10.1. The van der Waals surface area contributed by atoms with Crippen LogP contribution in [0, 0.1) is 12.8 Å². The first-order chi connectivity index (χ1) is 9.56. The Morgan fingerprint density at radius 3 is 2.65 bits per heavy atom. The Balaban J connectivity index is 2.01. The van der Waals surface area contributed by atoms with Gasteiger partial charge >= 0.3 is 0 Å². The van der Waals surface area contributed by atoms with Gasteiger partial charge in [-0.2, -0.15) is 0 Å². The van der Waals surface area contributed by atoms with Crippen molar-refractivity contribution < 1.29 is 4.79 Å². The molecule has 0 saturated carbocycles. The van der Waals surface area contributed by atoms with Crippen LogP contribution in [0.25, 0.3) is 0 Å². The number of hydrogen-bond donors (Lipinski definition) is 1. The SMILES string of the molecule is Cc1nc(CNC(=O)C(C)C)sc1Cc1ccccc1. The van der Waals surface area contributed by atoms with Crippen LogP contribution in [-0.2, 0) is 17.8 Å². The third-order valence-corrected chi connectivity index (χ3v) is 4.24. The quantitative estimate of drug-likeness (QED) is 0.917. The van der Waals surface area contributed by atoms with Gasteiger partial charge in [0.05, 0.1) is 12.2 Å². The van der Waals surface area contributed by atoms with E-state index in [1.807, 2.05) is 26.8 Å².